The van der Waals surface area contributed by atoms with E-state index in [4.69, 9.17) is 4.74 Å². The van der Waals surface area contributed by atoms with E-state index in [0.717, 1.165) is 5.69 Å². The molecule has 0 fully saturated rings. The number of aromatic nitrogens is 3. The van der Waals surface area contributed by atoms with Crippen molar-refractivity contribution >= 4 is 17.5 Å². The van der Waals surface area contributed by atoms with Crippen molar-refractivity contribution in [2.24, 2.45) is 0 Å². The minimum Gasteiger partial charge on any atom is -0.484 e. The van der Waals surface area contributed by atoms with Crippen molar-refractivity contribution < 1.29 is 14.3 Å². The molecule has 1 aromatic heterocycles. The van der Waals surface area contributed by atoms with Crippen LogP contribution in [0.2, 0.25) is 0 Å². The lowest BCUT2D eigenvalue weighted by atomic mass is 9.87. The quantitative estimate of drug-likeness (QED) is 0.628. The summed E-state index contributed by atoms with van der Waals surface area (Å²) in [5.41, 5.74) is 2.69. The third-order valence-corrected chi connectivity index (χ3v) is 4.37. The average molecular weight is 407 g/mol. The minimum atomic E-state index is -0.369. The van der Waals surface area contributed by atoms with E-state index in [0.29, 0.717) is 11.4 Å². The molecule has 0 atom stereocenters. The summed E-state index contributed by atoms with van der Waals surface area (Å²) in [6.45, 7) is 6.09. The Hall–Kier alpha value is -3.68. The van der Waals surface area contributed by atoms with Gasteiger partial charge in [0.2, 0.25) is 5.91 Å². The Balaban J connectivity index is 1.40. The summed E-state index contributed by atoms with van der Waals surface area (Å²) < 4.78 is 7.09. The first-order valence-corrected chi connectivity index (χ1v) is 9.56. The molecule has 0 aliphatic rings. The Kier molecular flexibility index (Phi) is 6.46. The van der Waals surface area contributed by atoms with Gasteiger partial charge in [0.15, 0.2) is 6.61 Å². The van der Waals surface area contributed by atoms with Crippen molar-refractivity contribution in [3.05, 3.63) is 66.7 Å². The van der Waals surface area contributed by atoms with E-state index in [9.17, 15) is 9.59 Å². The molecule has 0 aliphatic carbocycles. The lowest BCUT2D eigenvalue weighted by Gasteiger charge is -2.19. The molecule has 2 aromatic carbocycles. The van der Waals surface area contributed by atoms with E-state index < -0.39 is 0 Å². The van der Waals surface area contributed by atoms with Gasteiger partial charge in [-0.1, -0.05) is 32.9 Å². The van der Waals surface area contributed by atoms with Gasteiger partial charge in [0.05, 0.1) is 12.2 Å². The Labute approximate surface area is 175 Å². The Bertz CT molecular complexity index is 975. The van der Waals surface area contributed by atoms with Gasteiger partial charge in [-0.3, -0.25) is 9.59 Å². The first-order valence-electron chi connectivity index (χ1n) is 9.56. The lowest BCUT2D eigenvalue weighted by Crippen LogP contribution is -2.35. The molecule has 0 bridgehead atoms. The predicted molar refractivity (Wildman–Crippen MR) is 114 cm³/mol. The van der Waals surface area contributed by atoms with E-state index in [1.165, 1.54) is 11.9 Å². The molecule has 2 N–H and O–H groups in total. The summed E-state index contributed by atoms with van der Waals surface area (Å²) in [5, 5.41) is 9.31. The Morgan fingerprint density at radius 2 is 1.70 bits per heavy atom. The average Bonchev–Trinajstić information content (AvgIpc) is 3.26. The van der Waals surface area contributed by atoms with Crippen molar-refractivity contribution in [1.82, 2.24) is 20.1 Å². The Morgan fingerprint density at radius 1 is 1.00 bits per heavy atom. The second kappa shape index (κ2) is 9.21. The number of carbonyl (C=O) groups excluding carboxylic acids is 2. The highest BCUT2D eigenvalue weighted by molar-refractivity contribution is 5.94. The molecule has 8 nitrogen and oxygen atoms in total. The third-order valence-electron chi connectivity index (χ3n) is 4.37. The summed E-state index contributed by atoms with van der Waals surface area (Å²) in [4.78, 5) is 27.9. The molecule has 3 rings (SSSR count). The zero-order valence-electron chi connectivity index (χ0n) is 17.3. The number of nitrogens with one attached hydrogen (secondary N) is 2. The molecular formula is C22H25N5O3. The van der Waals surface area contributed by atoms with Crippen LogP contribution in [0.1, 0.15) is 26.3 Å². The molecule has 0 unspecified atom stereocenters. The second-order valence-corrected chi connectivity index (χ2v) is 7.77. The van der Waals surface area contributed by atoms with Crippen LogP contribution in [0.4, 0.5) is 5.69 Å². The summed E-state index contributed by atoms with van der Waals surface area (Å²) in [6, 6.07) is 14.8. The van der Waals surface area contributed by atoms with Crippen LogP contribution < -0.4 is 15.4 Å². The highest BCUT2D eigenvalue weighted by atomic mass is 16.5. The van der Waals surface area contributed by atoms with Gasteiger partial charge in [0, 0.05) is 5.69 Å². The second-order valence-electron chi connectivity index (χ2n) is 7.77. The molecule has 0 spiro atoms. The number of hydrogen-bond acceptors (Lipinski definition) is 5. The van der Waals surface area contributed by atoms with Gasteiger partial charge in [0.25, 0.3) is 5.91 Å². The van der Waals surface area contributed by atoms with Crippen LogP contribution in [0.25, 0.3) is 5.69 Å². The molecular weight excluding hydrogens is 382 g/mol. The number of anilines is 1. The van der Waals surface area contributed by atoms with Crippen LogP contribution in [-0.4, -0.2) is 39.7 Å². The van der Waals surface area contributed by atoms with Gasteiger partial charge in [-0.05, 0) is 47.4 Å². The van der Waals surface area contributed by atoms with E-state index in [2.05, 4.69) is 41.5 Å². The highest BCUT2D eigenvalue weighted by Crippen LogP contribution is 2.24. The molecule has 0 radical (unpaired) electrons. The number of nitrogens with zero attached hydrogens (tertiary/aromatic N) is 3. The van der Waals surface area contributed by atoms with E-state index in [1.807, 2.05) is 36.4 Å². The maximum atomic E-state index is 12.0. The predicted octanol–water partition coefficient (Wildman–Crippen LogP) is 2.70. The van der Waals surface area contributed by atoms with Crippen LogP contribution in [0.15, 0.2) is 61.2 Å². The molecule has 0 aliphatic heterocycles. The zero-order valence-corrected chi connectivity index (χ0v) is 17.3. The van der Waals surface area contributed by atoms with Crippen molar-refractivity contribution in [2.45, 2.75) is 26.2 Å². The molecule has 30 heavy (non-hydrogen) atoms. The standard InChI is InChI=1S/C22H25N5O3/c1-22(2,3)16-4-10-19(11-5-16)30-13-21(29)24-12-20(28)26-17-6-8-18(9-7-17)27-15-23-14-25-27/h4-11,14-15H,12-13H2,1-3H3,(H,24,29)(H,26,28). The van der Waals surface area contributed by atoms with Crippen molar-refractivity contribution in [1.29, 1.82) is 0 Å². The highest BCUT2D eigenvalue weighted by Gasteiger charge is 2.13. The fraction of sp³-hybridized carbons (Fsp3) is 0.273. The van der Waals surface area contributed by atoms with Gasteiger partial charge in [-0.15, -0.1) is 0 Å². The van der Waals surface area contributed by atoms with Crippen LogP contribution in [0.5, 0.6) is 5.75 Å². The van der Waals surface area contributed by atoms with Crippen LogP contribution in [0.3, 0.4) is 0 Å². The minimum absolute atomic E-state index is 0.0555. The van der Waals surface area contributed by atoms with Crippen LogP contribution in [-0.2, 0) is 15.0 Å². The van der Waals surface area contributed by atoms with Gasteiger partial charge < -0.3 is 15.4 Å². The summed E-state index contributed by atoms with van der Waals surface area (Å²) in [6.07, 6.45) is 3.03. The van der Waals surface area contributed by atoms with E-state index in [1.54, 1.807) is 23.1 Å². The van der Waals surface area contributed by atoms with Gasteiger partial charge in [-0.2, -0.15) is 5.10 Å². The molecule has 156 valence electrons. The number of hydrogen-bond donors (Lipinski definition) is 2. The largest absolute Gasteiger partial charge is 0.484 e. The topological polar surface area (TPSA) is 98.1 Å². The first kappa shape index (κ1) is 21.0. The fourth-order valence-electron chi connectivity index (χ4n) is 2.67. The Morgan fingerprint density at radius 3 is 2.30 bits per heavy atom. The molecule has 8 heteroatoms. The molecule has 2 amide bonds. The van der Waals surface area contributed by atoms with Gasteiger partial charge in [-0.25, -0.2) is 9.67 Å². The number of ether oxygens (including phenoxy) is 1. The third kappa shape index (κ3) is 5.91. The smallest absolute Gasteiger partial charge is 0.258 e. The van der Waals surface area contributed by atoms with Gasteiger partial charge >= 0.3 is 0 Å². The van der Waals surface area contributed by atoms with Gasteiger partial charge in [0.1, 0.15) is 18.4 Å². The number of carbonyl (C=O) groups is 2. The molecule has 0 saturated heterocycles. The zero-order chi connectivity index (χ0) is 21.6. The molecule has 1 heterocycles. The van der Waals surface area contributed by atoms with Crippen LogP contribution in [0, 0.1) is 0 Å². The maximum absolute atomic E-state index is 12.0. The van der Waals surface area contributed by atoms with Crippen molar-refractivity contribution in [3.8, 4) is 11.4 Å². The van der Waals surface area contributed by atoms with Crippen LogP contribution >= 0.6 is 0 Å². The van der Waals surface area contributed by atoms with E-state index >= 15 is 0 Å². The summed E-state index contributed by atoms with van der Waals surface area (Å²) in [5.74, 6) is -0.0898. The van der Waals surface area contributed by atoms with E-state index in [-0.39, 0.29) is 30.4 Å². The SMILES string of the molecule is CC(C)(C)c1ccc(OCC(=O)NCC(=O)Nc2ccc(-n3cncn3)cc2)cc1. The lowest BCUT2D eigenvalue weighted by molar-refractivity contribution is -0.125. The number of benzene rings is 2. The molecule has 0 saturated carbocycles. The first-order chi connectivity index (χ1) is 14.3. The normalized spacial score (nSPS) is 11.0. The monoisotopic (exact) mass is 407 g/mol. The van der Waals surface area contributed by atoms with Crippen molar-refractivity contribution in [3.63, 3.8) is 0 Å². The fourth-order valence-corrected chi connectivity index (χ4v) is 2.67. The number of rotatable bonds is 7. The summed E-state index contributed by atoms with van der Waals surface area (Å²) >= 11 is 0. The number of amides is 2. The summed E-state index contributed by atoms with van der Waals surface area (Å²) in [7, 11) is 0. The van der Waals surface area contributed by atoms with Crippen molar-refractivity contribution in [2.75, 3.05) is 18.5 Å². The molecule has 3 aromatic rings. The maximum Gasteiger partial charge on any atom is 0.258 e.